The van der Waals surface area contributed by atoms with Crippen LogP contribution < -0.4 is 4.74 Å². The van der Waals surface area contributed by atoms with Crippen LogP contribution in [0.25, 0.3) is 11.0 Å². The van der Waals surface area contributed by atoms with E-state index in [0.29, 0.717) is 29.8 Å². The Morgan fingerprint density at radius 3 is 2.62 bits per heavy atom. The zero-order chi connectivity index (χ0) is 20.4. The largest absolute Gasteiger partial charge is 0.474 e. The summed E-state index contributed by atoms with van der Waals surface area (Å²) in [5.41, 5.74) is 0.177. The topological polar surface area (TPSA) is 67.6 Å². The van der Waals surface area contributed by atoms with Gasteiger partial charge in [-0.3, -0.25) is 4.79 Å². The summed E-state index contributed by atoms with van der Waals surface area (Å²) in [6.07, 6.45) is 6.71. The second kappa shape index (κ2) is 6.42. The monoisotopic (exact) mass is 401 g/mol. The van der Waals surface area contributed by atoms with Crippen molar-refractivity contribution in [1.29, 1.82) is 0 Å². The summed E-state index contributed by atoms with van der Waals surface area (Å²) in [6, 6.07) is 3.47. The van der Waals surface area contributed by atoms with Gasteiger partial charge in [-0.25, -0.2) is 4.39 Å². The number of fused-ring (bicyclic) bond motifs is 1. The molecule has 2 aliphatic carbocycles. The van der Waals surface area contributed by atoms with E-state index in [1.54, 1.807) is 30.7 Å². The van der Waals surface area contributed by atoms with Gasteiger partial charge < -0.3 is 19.3 Å². The molecule has 1 aliphatic heterocycles. The van der Waals surface area contributed by atoms with E-state index >= 15 is 0 Å². The number of hydrogen-bond acceptors (Lipinski definition) is 4. The second-order valence-electron chi connectivity index (χ2n) is 9.72. The molecule has 2 aromatic rings. The number of aryl methyl sites for hydroxylation is 1. The zero-order valence-electron chi connectivity index (χ0n) is 17.0. The normalized spacial score (nSPS) is 29.0. The maximum atomic E-state index is 13.8. The number of carbonyl (C=O) groups excluding carboxylic acids is 1. The smallest absolute Gasteiger partial charge is 0.225 e. The van der Waals surface area contributed by atoms with Crippen LogP contribution in [0.4, 0.5) is 4.39 Å². The molecule has 6 nitrogen and oxygen atoms in total. The number of amides is 1. The lowest BCUT2D eigenvalue weighted by Crippen LogP contribution is -2.63. The van der Waals surface area contributed by atoms with Gasteiger partial charge in [0.25, 0.3) is 0 Å². The number of hydrogen-bond donors (Lipinski definition) is 1. The zero-order valence-corrected chi connectivity index (χ0v) is 17.0. The van der Waals surface area contributed by atoms with Crippen molar-refractivity contribution in [3.05, 3.63) is 24.1 Å². The summed E-state index contributed by atoms with van der Waals surface area (Å²) >= 11 is 0. The van der Waals surface area contributed by atoms with Gasteiger partial charge in [-0.05, 0) is 51.5 Å². The van der Waals surface area contributed by atoms with Gasteiger partial charge in [-0.1, -0.05) is 0 Å². The Balaban J connectivity index is 1.14. The third-order valence-corrected chi connectivity index (χ3v) is 7.11. The van der Waals surface area contributed by atoms with E-state index < -0.39 is 5.60 Å². The molecule has 0 aromatic carbocycles. The predicted molar refractivity (Wildman–Crippen MR) is 106 cm³/mol. The van der Waals surface area contributed by atoms with Crippen molar-refractivity contribution in [2.45, 2.75) is 57.2 Å². The first-order chi connectivity index (χ1) is 13.7. The molecule has 1 N–H and O–H groups in total. The Bertz CT molecular complexity index is 946. The molecular formula is C22H28FN3O3. The van der Waals surface area contributed by atoms with Gasteiger partial charge in [0, 0.05) is 43.7 Å². The van der Waals surface area contributed by atoms with E-state index in [9.17, 15) is 14.3 Å². The van der Waals surface area contributed by atoms with E-state index in [1.165, 1.54) is 6.20 Å². The first-order valence-electron chi connectivity index (χ1n) is 10.5. The van der Waals surface area contributed by atoms with Crippen molar-refractivity contribution in [2.24, 2.45) is 18.4 Å². The Morgan fingerprint density at radius 2 is 1.97 bits per heavy atom. The summed E-state index contributed by atoms with van der Waals surface area (Å²) in [5.74, 6) is 0.496. The molecule has 156 valence electrons. The van der Waals surface area contributed by atoms with E-state index in [4.69, 9.17) is 4.74 Å². The number of nitrogens with zero attached hydrogens (tertiary/aromatic N) is 3. The summed E-state index contributed by atoms with van der Waals surface area (Å²) < 4.78 is 21.6. The molecule has 3 fully saturated rings. The van der Waals surface area contributed by atoms with Crippen LogP contribution in [0.3, 0.4) is 0 Å². The van der Waals surface area contributed by atoms with Gasteiger partial charge in [0.2, 0.25) is 11.8 Å². The summed E-state index contributed by atoms with van der Waals surface area (Å²) in [7, 11) is 1.78. The standard InChI is InChI=1S/C22H28FN3O3/c1-21(28)9-14(10-21)20(27)26-12-22(13-26)7-5-15(6-8-22)29-18-4-3-16-17(23)11-25(2)19(16)24-18/h3-4,11,14-15,28H,5-10,12-13H2,1-2H3/t14-,21+. The van der Waals surface area contributed by atoms with E-state index in [2.05, 4.69) is 4.98 Å². The molecule has 2 saturated carbocycles. The molecule has 0 atom stereocenters. The fourth-order valence-corrected chi connectivity index (χ4v) is 5.42. The minimum Gasteiger partial charge on any atom is -0.474 e. The van der Waals surface area contributed by atoms with Crippen LogP contribution in [0.2, 0.25) is 0 Å². The van der Waals surface area contributed by atoms with Crippen LogP contribution in [-0.2, 0) is 11.8 Å². The van der Waals surface area contributed by atoms with Gasteiger partial charge >= 0.3 is 0 Å². The molecule has 0 radical (unpaired) electrons. The number of carbonyl (C=O) groups is 1. The first kappa shape index (κ1) is 18.9. The third-order valence-electron chi connectivity index (χ3n) is 7.11. The van der Waals surface area contributed by atoms with Gasteiger partial charge in [0.1, 0.15) is 17.6 Å². The highest BCUT2D eigenvalue weighted by molar-refractivity contribution is 5.81. The minimum atomic E-state index is -0.652. The van der Waals surface area contributed by atoms with Crippen molar-refractivity contribution in [1.82, 2.24) is 14.5 Å². The lowest BCUT2D eigenvalue weighted by Gasteiger charge is -2.55. The average Bonchev–Trinajstić information content (AvgIpc) is 2.91. The first-order valence-corrected chi connectivity index (χ1v) is 10.5. The number of aromatic nitrogens is 2. The molecule has 1 amide bonds. The maximum absolute atomic E-state index is 13.8. The van der Waals surface area contributed by atoms with Crippen molar-refractivity contribution in [3.8, 4) is 5.88 Å². The summed E-state index contributed by atoms with van der Waals surface area (Å²) in [6.45, 7) is 3.48. The Hall–Kier alpha value is -2.15. The molecule has 3 heterocycles. The molecule has 3 aliphatic rings. The molecule has 5 rings (SSSR count). The average molecular weight is 401 g/mol. The molecule has 1 spiro atoms. The lowest BCUT2D eigenvalue weighted by molar-refractivity contribution is -0.164. The van der Waals surface area contributed by atoms with E-state index in [0.717, 1.165) is 38.8 Å². The molecule has 2 aromatic heterocycles. The number of ether oxygens (including phenoxy) is 1. The van der Waals surface area contributed by atoms with Crippen molar-refractivity contribution < 1.29 is 19.0 Å². The summed E-state index contributed by atoms with van der Waals surface area (Å²) in [4.78, 5) is 19.0. The molecular weight excluding hydrogens is 373 g/mol. The Morgan fingerprint density at radius 1 is 1.28 bits per heavy atom. The number of halogens is 1. The third kappa shape index (κ3) is 3.29. The molecule has 0 bridgehead atoms. The van der Waals surface area contributed by atoms with E-state index in [-0.39, 0.29) is 29.2 Å². The fraction of sp³-hybridized carbons (Fsp3) is 0.636. The van der Waals surface area contributed by atoms with Crippen LogP contribution in [-0.4, -0.2) is 50.3 Å². The van der Waals surface area contributed by atoms with Crippen LogP contribution in [0.15, 0.2) is 18.3 Å². The van der Waals surface area contributed by atoms with Crippen LogP contribution in [0, 0.1) is 17.2 Å². The number of likely N-dealkylation sites (tertiary alicyclic amines) is 1. The number of rotatable bonds is 3. The fourth-order valence-electron chi connectivity index (χ4n) is 5.42. The highest BCUT2D eigenvalue weighted by Crippen LogP contribution is 2.47. The van der Waals surface area contributed by atoms with Gasteiger partial charge in [0.05, 0.1) is 11.0 Å². The predicted octanol–water partition coefficient (Wildman–Crippen LogP) is 3.02. The lowest BCUT2D eigenvalue weighted by atomic mass is 9.66. The second-order valence-corrected chi connectivity index (χ2v) is 9.72. The van der Waals surface area contributed by atoms with E-state index in [1.807, 2.05) is 4.90 Å². The van der Waals surface area contributed by atoms with Gasteiger partial charge in [-0.15, -0.1) is 0 Å². The quantitative estimate of drug-likeness (QED) is 0.859. The Labute approximate surface area is 169 Å². The highest BCUT2D eigenvalue weighted by atomic mass is 19.1. The van der Waals surface area contributed by atoms with Crippen molar-refractivity contribution >= 4 is 16.9 Å². The SMILES string of the molecule is Cn1cc(F)c2ccc(OC3CCC4(CC3)CN(C(=O)[C@H]3C[C@@](C)(O)C3)C4)nc21. The van der Waals surface area contributed by atoms with Crippen LogP contribution >= 0.6 is 0 Å². The number of pyridine rings is 1. The van der Waals surface area contributed by atoms with Crippen molar-refractivity contribution in [2.75, 3.05) is 13.1 Å². The highest BCUT2D eigenvalue weighted by Gasteiger charge is 2.51. The van der Waals surface area contributed by atoms with Crippen molar-refractivity contribution in [3.63, 3.8) is 0 Å². The summed E-state index contributed by atoms with van der Waals surface area (Å²) in [5, 5.41) is 10.4. The van der Waals surface area contributed by atoms with Gasteiger partial charge in [0.15, 0.2) is 0 Å². The van der Waals surface area contributed by atoms with Crippen LogP contribution in [0.1, 0.15) is 45.4 Å². The van der Waals surface area contributed by atoms with Crippen LogP contribution in [0.5, 0.6) is 5.88 Å². The minimum absolute atomic E-state index is 0.00497. The molecule has 0 unspecified atom stereocenters. The van der Waals surface area contributed by atoms with Gasteiger partial charge in [-0.2, -0.15) is 4.98 Å². The molecule has 7 heteroatoms. The molecule has 29 heavy (non-hydrogen) atoms. The molecule has 1 saturated heterocycles. The number of aliphatic hydroxyl groups is 1. The maximum Gasteiger partial charge on any atom is 0.225 e. The Kier molecular flexibility index (Phi) is 4.18.